The van der Waals surface area contributed by atoms with Crippen molar-refractivity contribution in [2.24, 2.45) is 11.8 Å². The molecule has 2 saturated carbocycles. The van der Waals surface area contributed by atoms with Crippen molar-refractivity contribution >= 4 is 11.8 Å². The zero-order valence-electron chi connectivity index (χ0n) is 10.8. The van der Waals surface area contributed by atoms with Crippen molar-refractivity contribution in [1.29, 1.82) is 0 Å². The van der Waals surface area contributed by atoms with Crippen LogP contribution in [-0.4, -0.2) is 25.9 Å². The highest BCUT2D eigenvalue weighted by molar-refractivity contribution is 5.92. The first-order valence-electron chi connectivity index (χ1n) is 6.55. The first-order valence-corrected chi connectivity index (χ1v) is 6.55. The molecular formula is C14H18N2O2. The van der Waals surface area contributed by atoms with Gasteiger partial charge in [-0.15, -0.1) is 0 Å². The number of carbonyl (C=O) groups excluding carboxylic acids is 2. The van der Waals surface area contributed by atoms with E-state index in [1.54, 1.807) is 14.1 Å². The van der Waals surface area contributed by atoms with Gasteiger partial charge in [-0.05, 0) is 25.7 Å². The maximum atomic E-state index is 12.0. The van der Waals surface area contributed by atoms with Gasteiger partial charge in [-0.2, -0.15) is 0 Å². The Labute approximate surface area is 107 Å². The summed E-state index contributed by atoms with van der Waals surface area (Å²) in [5.41, 5.74) is 4.89. The molecule has 96 valence electrons. The molecule has 4 bridgehead atoms. The monoisotopic (exact) mass is 246 g/mol. The molecule has 0 aromatic carbocycles. The van der Waals surface area contributed by atoms with Crippen molar-refractivity contribution in [3.05, 3.63) is 22.3 Å². The summed E-state index contributed by atoms with van der Waals surface area (Å²) in [5.74, 6) is 0.0429. The molecule has 18 heavy (non-hydrogen) atoms. The molecule has 2 amide bonds. The van der Waals surface area contributed by atoms with Crippen molar-refractivity contribution in [1.82, 2.24) is 10.6 Å². The van der Waals surface area contributed by atoms with Crippen LogP contribution in [0.4, 0.5) is 0 Å². The Morgan fingerprint density at radius 3 is 1.28 bits per heavy atom. The van der Waals surface area contributed by atoms with E-state index < -0.39 is 0 Å². The van der Waals surface area contributed by atoms with Crippen molar-refractivity contribution in [3.63, 3.8) is 0 Å². The van der Waals surface area contributed by atoms with Gasteiger partial charge in [0.15, 0.2) is 0 Å². The third-order valence-corrected chi connectivity index (χ3v) is 4.56. The molecule has 0 aliphatic heterocycles. The Bertz CT molecular complexity index is 428. The summed E-state index contributed by atoms with van der Waals surface area (Å²) in [4.78, 5) is 24.0. The van der Waals surface area contributed by atoms with Crippen LogP contribution in [0.3, 0.4) is 0 Å². The molecule has 4 heteroatoms. The van der Waals surface area contributed by atoms with Crippen molar-refractivity contribution < 1.29 is 9.59 Å². The highest BCUT2D eigenvalue weighted by Gasteiger charge is 2.47. The maximum Gasteiger partial charge on any atom is 0.231 e. The van der Waals surface area contributed by atoms with Crippen LogP contribution in [0.15, 0.2) is 22.3 Å². The predicted molar refractivity (Wildman–Crippen MR) is 67.6 cm³/mol. The quantitative estimate of drug-likeness (QED) is 0.711. The zero-order chi connectivity index (χ0) is 12.9. The minimum absolute atomic E-state index is 0.0663. The molecule has 3 rings (SSSR count). The standard InChI is InChI=1S/C14H18N2O2/c1-15-13(17)11-7-3-4-8(11)10-6-5-9(7)12(10)14(18)16-2/h11-12H,3-6H2,1-2H3,(H,15,17)(H,16,18). The molecule has 0 aromatic rings. The summed E-state index contributed by atoms with van der Waals surface area (Å²) in [5, 5.41) is 5.51. The molecule has 3 aliphatic rings. The summed E-state index contributed by atoms with van der Waals surface area (Å²) in [6, 6.07) is 0. The van der Waals surface area contributed by atoms with Crippen molar-refractivity contribution in [2.75, 3.05) is 14.1 Å². The summed E-state index contributed by atoms with van der Waals surface area (Å²) >= 11 is 0. The molecular weight excluding hydrogens is 228 g/mol. The number of amides is 2. The molecule has 0 aromatic heterocycles. The van der Waals surface area contributed by atoms with Crippen molar-refractivity contribution in [3.8, 4) is 0 Å². The van der Waals surface area contributed by atoms with Gasteiger partial charge in [0, 0.05) is 14.1 Å². The second-order valence-corrected chi connectivity index (χ2v) is 5.20. The summed E-state index contributed by atoms with van der Waals surface area (Å²) in [7, 11) is 3.37. The van der Waals surface area contributed by atoms with Crippen LogP contribution in [0, 0.1) is 11.8 Å². The minimum Gasteiger partial charge on any atom is -0.358 e. The van der Waals surface area contributed by atoms with E-state index in [1.807, 2.05) is 0 Å². The van der Waals surface area contributed by atoms with Crippen LogP contribution in [-0.2, 0) is 9.59 Å². The van der Waals surface area contributed by atoms with E-state index in [9.17, 15) is 9.59 Å². The fourth-order valence-electron chi connectivity index (χ4n) is 3.84. The van der Waals surface area contributed by atoms with Gasteiger partial charge in [-0.1, -0.05) is 22.3 Å². The van der Waals surface area contributed by atoms with Crippen LogP contribution in [0.5, 0.6) is 0 Å². The lowest BCUT2D eigenvalue weighted by Gasteiger charge is -2.25. The van der Waals surface area contributed by atoms with E-state index in [4.69, 9.17) is 0 Å². The van der Waals surface area contributed by atoms with E-state index in [0.717, 1.165) is 25.7 Å². The van der Waals surface area contributed by atoms with Gasteiger partial charge < -0.3 is 10.6 Å². The van der Waals surface area contributed by atoms with E-state index >= 15 is 0 Å². The van der Waals surface area contributed by atoms with Gasteiger partial charge in [0.1, 0.15) is 0 Å². The number of fused-ring (bicyclic) bond motifs is 4. The molecule has 0 radical (unpaired) electrons. The van der Waals surface area contributed by atoms with Crippen LogP contribution in [0.1, 0.15) is 25.7 Å². The van der Waals surface area contributed by atoms with Crippen LogP contribution in [0.25, 0.3) is 0 Å². The van der Waals surface area contributed by atoms with Gasteiger partial charge >= 0.3 is 0 Å². The van der Waals surface area contributed by atoms with Gasteiger partial charge in [0.2, 0.25) is 11.8 Å². The Morgan fingerprint density at radius 2 is 1.06 bits per heavy atom. The van der Waals surface area contributed by atoms with Crippen molar-refractivity contribution in [2.45, 2.75) is 25.7 Å². The number of nitrogens with one attached hydrogen (secondary N) is 2. The first kappa shape index (κ1) is 11.5. The Hall–Kier alpha value is -1.58. The number of rotatable bonds is 2. The Morgan fingerprint density at radius 1 is 0.778 bits per heavy atom. The van der Waals surface area contributed by atoms with Gasteiger partial charge in [0.05, 0.1) is 11.8 Å². The minimum atomic E-state index is -0.0663. The third-order valence-electron chi connectivity index (χ3n) is 4.56. The summed E-state index contributed by atoms with van der Waals surface area (Å²) in [6.45, 7) is 0. The molecule has 3 aliphatic carbocycles. The highest BCUT2D eigenvalue weighted by atomic mass is 16.2. The fourth-order valence-corrected chi connectivity index (χ4v) is 3.84. The van der Waals surface area contributed by atoms with E-state index in [0.29, 0.717) is 0 Å². The average Bonchev–Trinajstić information content (AvgIpc) is 2.90. The SMILES string of the molecule is CNC(=O)C1C2=C3CCC(=C1CC2)C3C(=O)NC. The second-order valence-electron chi connectivity index (χ2n) is 5.20. The average molecular weight is 246 g/mol. The molecule has 0 heterocycles. The number of carbonyl (C=O) groups is 2. The van der Waals surface area contributed by atoms with Gasteiger partial charge in [0.25, 0.3) is 0 Å². The topological polar surface area (TPSA) is 58.2 Å². The molecule has 0 unspecified atom stereocenters. The smallest absolute Gasteiger partial charge is 0.231 e. The van der Waals surface area contributed by atoms with E-state index in [2.05, 4.69) is 10.6 Å². The summed E-state index contributed by atoms with van der Waals surface area (Å²) in [6.07, 6.45) is 3.83. The second kappa shape index (κ2) is 3.97. The highest BCUT2D eigenvalue weighted by Crippen LogP contribution is 2.54. The Kier molecular flexibility index (Phi) is 2.54. The van der Waals surface area contributed by atoms with Crippen LogP contribution in [0.2, 0.25) is 0 Å². The predicted octanol–water partition coefficient (Wildman–Crippen LogP) is 0.905. The third kappa shape index (κ3) is 1.32. The van der Waals surface area contributed by atoms with E-state index in [-0.39, 0.29) is 23.7 Å². The molecule has 2 fully saturated rings. The van der Waals surface area contributed by atoms with Gasteiger partial charge in [-0.3, -0.25) is 9.59 Å². The fraction of sp³-hybridized carbons (Fsp3) is 0.571. The molecule has 4 nitrogen and oxygen atoms in total. The lowest BCUT2D eigenvalue weighted by Crippen LogP contribution is -2.34. The summed E-state index contributed by atoms with van der Waals surface area (Å²) < 4.78 is 0. The molecule has 0 spiro atoms. The zero-order valence-corrected chi connectivity index (χ0v) is 10.8. The first-order chi connectivity index (χ1) is 8.69. The molecule has 0 atom stereocenters. The molecule has 2 N–H and O–H groups in total. The lowest BCUT2D eigenvalue weighted by atomic mass is 9.80. The largest absolute Gasteiger partial charge is 0.358 e. The van der Waals surface area contributed by atoms with Crippen LogP contribution < -0.4 is 10.6 Å². The maximum absolute atomic E-state index is 12.0. The number of hydrogen-bond acceptors (Lipinski definition) is 2. The number of hydrogen-bond donors (Lipinski definition) is 2. The Balaban J connectivity index is 2.09. The van der Waals surface area contributed by atoms with E-state index in [1.165, 1.54) is 22.3 Å². The lowest BCUT2D eigenvalue weighted by molar-refractivity contribution is -0.124. The van der Waals surface area contributed by atoms with Crippen LogP contribution >= 0.6 is 0 Å². The van der Waals surface area contributed by atoms with Gasteiger partial charge in [-0.25, -0.2) is 0 Å². The normalized spacial score (nSPS) is 28.8. The molecule has 0 saturated heterocycles.